The van der Waals surface area contributed by atoms with Gasteiger partial charge in [0.05, 0.1) is 6.10 Å². The zero-order valence-electron chi connectivity index (χ0n) is 12.4. The first-order chi connectivity index (χ1) is 9.28. The smallest absolute Gasteiger partial charge is 0.0593 e. The van der Waals surface area contributed by atoms with E-state index < -0.39 is 0 Å². The third kappa shape index (κ3) is 3.16. The molecule has 0 aromatic carbocycles. The molecule has 0 bridgehead atoms. The Balaban J connectivity index is 1.67. The second-order valence-corrected chi connectivity index (χ2v) is 7.32. The zero-order valence-corrected chi connectivity index (χ0v) is 12.4. The van der Waals surface area contributed by atoms with E-state index in [0.717, 1.165) is 24.9 Å². The first-order valence-corrected chi connectivity index (χ1v) is 8.68. The highest BCUT2D eigenvalue weighted by Crippen LogP contribution is 2.45. The summed E-state index contributed by atoms with van der Waals surface area (Å²) in [5, 5.41) is 0. The number of ether oxygens (including phenoxy) is 1. The minimum Gasteiger partial charge on any atom is -0.378 e. The molecular weight excluding hydrogens is 234 g/mol. The topological polar surface area (TPSA) is 35.2 Å². The first-order valence-electron chi connectivity index (χ1n) is 8.68. The number of hydrogen-bond donors (Lipinski definition) is 1. The summed E-state index contributed by atoms with van der Waals surface area (Å²) >= 11 is 0. The average molecular weight is 265 g/mol. The van der Waals surface area contributed by atoms with E-state index in [4.69, 9.17) is 10.5 Å². The third-order valence-corrected chi connectivity index (χ3v) is 6.00. The summed E-state index contributed by atoms with van der Waals surface area (Å²) in [6, 6.07) is 0. The van der Waals surface area contributed by atoms with E-state index in [9.17, 15) is 0 Å². The lowest BCUT2D eigenvalue weighted by atomic mass is 9.62. The maximum atomic E-state index is 6.93. The van der Waals surface area contributed by atoms with Crippen LogP contribution in [0.25, 0.3) is 0 Å². The van der Waals surface area contributed by atoms with Gasteiger partial charge in [-0.1, -0.05) is 44.9 Å². The van der Waals surface area contributed by atoms with Crippen LogP contribution in [0.15, 0.2) is 0 Å². The molecule has 1 saturated heterocycles. The molecule has 2 heteroatoms. The van der Waals surface area contributed by atoms with Crippen molar-refractivity contribution in [2.24, 2.45) is 17.6 Å². The van der Waals surface area contributed by atoms with Crippen molar-refractivity contribution in [3.05, 3.63) is 0 Å². The van der Waals surface area contributed by atoms with Gasteiger partial charge in [-0.25, -0.2) is 0 Å². The summed E-state index contributed by atoms with van der Waals surface area (Å²) in [7, 11) is 0. The van der Waals surface area contributed by atoms with E-state index in [0.29, 0.717) is 6.10 Å². The molecule has 19 heavy (non-hydrogen) atoms. The van der Waals surface area contributed by atoms with Crippen LogP contribution in [0, 0.1) is 11.8 Å². The van der Waals surface area contributed by atoms with E-state index >= 15 is 0 Å². The van der Waals surface area contributed by atoms with Gasteiger partial charge in [-0.2, -0.15) is 0 Å². The number of rotatable bonds is 3. The molecule has 0 radical (unpaired) electrons. The lowest BCUT2D eigenvalue weighted by molar-refractivity contribution is 0.0309. The molecule has 1 aliphatic heterocycles. The average Bonchev–Trinajstić information content (AvgIpc) is 2.92. The second kappa shape index (κ2) is 6.13. The lowest BCUT2D eigenvalue weighted by Crippen LogP contribution is -2.54. The molecule has 0 aromatic heterocycles. The predicted molar refractivity (Wildman–Crippen MR) is 79.0 cm³/mol. The standard InChI is InChI=1S/C17H31NO/c18-17(13-15-9-6-12-19-15)11-5-4-10-16(17)14-7-2-1-3-8-14/h14-16H,1-13,18H2. The molecule has 3 unspecified atom stereocenters. The maximum absolute atomic E-state index is 6.93. The zero-order chi connectivity index (χ0) is 13.1. The van der Waals surface area contributed by atoms with Crippen LogP contribution in [0.3, 0.4) is 0 Å². The Morgan fingerprint density at radius 2 is 1.68 bits per heavy atom. The molecule has 2 nitrogen and oxygen atoms in total. The Kier molecular flexibility index (Phi) is 4.48. The lowest BCUT2D eigenvalue weighted by Gasteiger charge is -2.47. The molecule has 2 N–H and O–H groups in total. The van der Waals surface area contributed by atoms with Crippen molar-refractivity contribution in [3.63, 3.8) is 0 Å². The molecule has 1 heterocycles. The number of nitrogens with two attached hydrogens (primary N) is 1. The predicted octanol–water partition coefficient (Wildman–Crippen LogP) is 4.02. The van der Waals surface area contributed by atoms with Crippen LogP contribution in [0.2, 0.25) is 0 Å². The van der Waals surface area contributed by atoms with Gasteiger partial charge >= 0.3 is 0 Å². The van der Waals surface area contributed by atoms with Gasteiger partial charge in [-0.05, 0) is 43.9 Å². The van der Waals surface area contributed by atoms with E-state index in [1.165, 1.54) is 70.6 Å². The Labute approximate surface area is 118 Å². The Morgan fingerprint density at radius 1 is 0.895 bits per heavy atom. The Hall–Kier alpha value is -0.0800. The van der Waals surface area contributed by atoms with Gasteiger partial charge in [0.2, 0.25) is 0 Å². The summed E-state index contributed by atoms with van der Waals surface area (Å²) < 4.78 is 5.88. The highest BCUT2D eigenvalue weighted by Gasteiger charge is 2.43. The maximum Gasteiger partial charge on any atom is 0.0593 e. The van der Waals surface area contributed by atoms with Crippen LogP contribution in [-0.2, 0) is 4.74 Å². The second-order valence-electron chi connectivity index (χ2n) is 7.32. The van der Waals surface area contributed by atoms with E-state index in [1.807, 2.05) is 0 Å². The molecule has 3 aliphatic rings. The fourth-order valence-electron chi connectivity index (χ4n) is 5.02. The normalized spacial score (nSPS) is 41.5. The molecule has 2 saturated carbocycles. The van der Waals surface area contributed by atoms with Crippen molar-refractivity contribution in [3.8, 4) is 0 Å². The van der Waals surface area contributed by atoms with Crippen molar-refractivity contribution >= 4 is 0 Å². The molecule has 0 spiro atoms. The molecule has 0 aromatic rings. The molecule has 3 rings (SSSR count). The molecule has 2 aliphatic carbocycles. The monoisotopic (exact) mass is 265 g/mol. The van der Waals surface area contributed by atoms with Gasteiger partial charge < -0.3 is 10.5 Å². The minimum atomic E-state index is 0.0925. The fraction of sp³-hybridized carbons (Fsp3) is 1.00. The van der Waals surface area contributed by atoms with Gasteiger partial charge in [0.1, 0.15) is 0 Å². The van der Waals surface area contributed by atoms with Gasteiger partial charge in [-0.3, -0.25) is 0 Å². The van der Waals surface area contributed by atoms with Crippen LogP contribution in [0.5, 0.6) is 0 Å². The van der Waals surface area contributed by atoms with Crippen LogP contribution >= 0.6 is 0 Å². The molecular formula is C17H31NO. The van der Waals surface area contributed by atoms with E-state index in [1.54, 1.807) is 0 Å². The highest BCUT2D eigenvalue weighted by atomic mass is 16.5. The minimum absolute atomic E-state index is 0.0925. The molecule has 110 valence electrons. The third-order valence-electron chi connectivity index (χ3n) is 6.00. The van der Waals surface area contributed by atoms with Crippen LogP contribution < -0.4 is 5.73 Å². The van der Waals surface area contributed by atoms with Gasteiger partial charge in [0, 0.05) is 12.1 Å². The molecule has 3 atom stereocenters. The Morgan fingerprint density at radius 3 is 2.42 bits per heavy atom. The largest absolute Gasteiger partial charge is 0.378 e. The quantitative estimate of drug-likeness (QED) is 0.836. The Bertz CT molecular complexity index is 281. The van der Waals surface area contributed by atoms with Gasteiger partial charge in [0.15, 0.2) is 0 Å². The summed E-state index contributed by atoms with van der Waals surface area (Å²) in [5.41, 5.74) is 7.03. The van der Waals surface area contributed by atoms with E-state index in [2.05, 4.69) is 0 Å². The highest BCUT2D eigenvalue weighted by molar-refractivity contribution is 4.99. The molecule has 0 amide bonds. The first kappa shape index (κ1) is 13.9. The van der Waals surface area contributed by atoms with Gasteiger partial charge in [0.25, 0.3) is 0 Å². The summed E-state index contributed by atoms with van der Waals surface area (Å²) in [6.45, 7) is 0.967. The van der Waals surface area contributed by atoms with Crippen molar-refractivity contribution in [1.82, 2.24) is 0 Å². The van der Waals surface area contributed by atoms with Crippen molar-refractivity contribution < 1.29 is 4.74 Å². The van der Waals surface area contributed by atoms with Crippen LogP contribution in [-0.4, -0.2) is 18.2 Å². The summed E-state index contributed by atoms with van der Waals surface area (Å²) in [6.07, 6.45) is 16.7. The van der Waals surface area contributed by atoms with Crippen molar-refractivity contribution in [2.75, 3.05) is 6.61 Å². The summed E-state index contributed by atoms with van der Waals surface area (Å²) in [4.78, 5) is 0. The SMILES string of the molecule is NC1(CC2CCCO2)CCCCC1C1CCCCC1. The number of hydrogen-bond acceptors (Lipinski definition) is 2. The van der Waals surface area contributed by atoms with Gasteiger partial charge in [-0.15, -0.1) is 0 Å². The van der Waals surface area contributed by atoms with E-state index in [-0.39, 0.29) is 5.54 Å². The van der Waals surface area contributed by atoms with Crippen molar-refractivity contribution in [2.45, 2.75) is 88.7 Å². The summed E-state index contributed by atoms with van der Waals surface area (Å²) in [5.74, 6) is 1.70. The van der Waals surface area contributed by atoms with Crippen LogP contribution in [0.4, 0.5) is 0 Å². The van der Waals surface area contributed by atoms with Crippen molar-refractivity contribution in [1.29, 1.82) is 0 Å². The molecule has 3 fully saturated rings. The van der Waals surface area contributed by atoms with Crippen LogP contribution in [0.1, 0.15) is 77.0 Å². The fourth-order valence-corrected chi connectivity index (χ4v) is 5.02.